The molecule has 26 heavy (non-hydrogen) atoms. The summed E-state index contributed by atoms with van der Waals surface area (Å²) >= 11 is 0. The minimum atomic E-state index is -0.285. The van der Waals surface area contributed by atoms with Gasteiger partial charge in [0, 0.05) is 5.56 Å². The molecule has 1 amide bonds. The second-order valence-electron chi connectivity index (χ2n) is 5.52. The highest BCUT2D eigenvalue weighted by Gasteiger charge is 2.10. The van der Waals surface area contributed by atoms with Crippen molar-refractivity contribution >= 4 is 23.2 Å². The minimum absolute atomic E-state index is 0.166. The number of benzene rings is 2. The second-order valence-corrected chi connectivity index (χ2v) is 5.52. The number of amides is 1. The molecule has 0 spiro atoms. The van der Waals surface area contributed by atoms with Gasteiger partial charge in [0.15, 0.2) is 18.1 Å². The highest BCUT2D eigenvalue weighted by molar-refractivity contribution is 5.79. The first-order chi connectivity index (χ1) is 12.7. The quantitative estimate of drug-likeness (QED) is 0.607. The molecule has 7 nitrogen and oxygen atoms in total. The Balaban J connectivity index is 1.56. The Morgan fingerprint density at radius 1 is 1.19 bits per heavy atom. The summed E-state index contributed by atoms with van der Waals surface area (Å²) in [6, 6.07) is 12.5. The minimum Gasteiger partial charge on any atom is -0.490 e. The number of nitrogens with one attached hydrogen (secondary N) is 2. The average Bonchev–Trinajstić information content (AvgIpc) is 3.08. The summed E-state index contributed by atoms with van der Waals surface area (Å²) in [5, 5.41) is 2.75. The largest absolute Gasteiger partial charge is 0.490 e. The van der Waals surface area contributed by atoms with Gasteiger partial charge in [-0.05, 0) is 37.3 Å². The summed E-state index contributed by atoms with van der Waals surface area (Å²) in [6.07, 6.45) is 0.729. The van der Waals surface area contributed by atoms with E-state index in [1.54, 1.807) is 18.2 Å². The van der Waals surface area contributed by atoms with Crippen molar-refractivity contribution in [1.82, 2.24) is 15.3 Å². The maximum atomic E-state index is 12.0. The van der Waals surface area contributed by atoms with Crippen LogP contribution in [0.2, 0.25) is 0 Å². The average molecular weight is 353 g/mol. The van der Waals surface area contributed by atoms with Crippen molar-refractivity contribution in [3.8, 4) is 11.5 Å². The molecule has 2 aromatic carbocycles. The number of ether oxygens (including phenoxy) is 2. The van der Waals surface area contributed by atoms with E-state index in [1.165, 1.54) is 0 Å². The Morgan fingerprint density at radius 2 is 2.04 bits per heavy atom. The third kappa shape index (κ3) is 4.18. The smallest absolute Gasteiger partial charge is 0.258 e. The number of para-hydroxylation sites is 2. The number of hydrogen-bond acceptors (Lipinski definition) is 5. The number of carbonyl (C=O) groups excluding carboxylic acids is 2. The van der Waals surface area contributed by atoms with Crippen molar-refractivity contribution < 1.29 is 19.1 Å². The zero-order chi connectivity index (χ0) is 18.4. The standard InChI is InChI=1S/C19H19N3O4/c1-2-25-17-9-13(11-23)7-8-16(17)26-12-19(24)20-10-18-21-14-5-3-4-6-15(14)22-18/h3-9,11H,2,10,12H2,1H3,(H,20,24)(H,21,22). The Bertz CT molecular complexity index is 887. The molecule has 134 valence electrons. The maximum absolute atomic E-state index is 12.0. The van der Waals surface area contributed by atoms with Crippen LogP contribution in [0.15, 0.2) is 42.5 Å². The zero-order valence-electron chi connectivity index (χ0n) is 14.3. The van der Waals surface area contributed by atoms with Crippen molar-refractivity contribution in [2.75, 3.05) is 13.2 Å². The third-order valence-corrected chi connectivity index (χ3v) is 3.65. The van der Waals surface area contributed by atoms with Gasteiger partial charge in [0.1, 0.15) is 12.1 Å². The van der Waals surface area contributed by atoms with Crippen LogP contribution in [0.4, 0.5) is 0 Å². The number of aromatic amines is 1. The van der Waals surface area contributed by atoms with Crippen molar-refractivity contribution in [2.45, 2.75) is 13.5 Å². The van der Waals surface area contributed by atoms with Crippen molar-refractivity contribution in [3.05, 3.63) is 53.9 Å². The van der Waals surface area contributed by atoms with Gasteiger partial charge in [-0.2, -0.15) is 0 Å². The predicted molar refractivity (Wildman–Crippen MR) is 96.4 cm³/mol. The molecule has 0 aliphatic carbocycles. The van der Waals surface area contributed by atoms with Crippen LogP contribution in [0.25, 0.3) is 11.0 Å². The first-order valence-corrected chi connectivity index (χ1v) is 8.24. The number of hydrogen-bond donors (Lipinski definition) is 2. The molecule has 0 fully saturated rings. The van der Waals surface area contributed by atoms with Crippen molar-refractivity contribution in [1.29, 1.82) is 0 Å². The van der Waals surface area contributed by atoms with E-state index in [2.05, 4.69) is 15.3 Å². The number of rotatable bonds is 8. The van der Waals surface area contributed by atoms with Crippen molar-refractivity contribution in [2.24, 2.45) is 0 Å². The fourth-order valence-electron chi connectivity index (χ4n) is 2.45. The molecule has 0 atom stereocenters. The van der Waals surface area contributed by atoms with Crippen LogP contribution in [0, 0.1) is 0 Å². The highest BCUT2D eigenvalue weighted by Crippen LogP contribution is 2.27. The second kappa shape index (κ2) is 8.15. The van der Waals surface area contributed by atoms with Gasteiger partial charge in [0.2, 0.25) is 0 Å². The highest BCUT2D eigenvalue weighted by atomic mass is 16.5. The van der Waals surface area contributed by atoms with E-state index in [1.807, 2.05) is 31.2 Å². The van der Waals surface area contributed by atoms with Crippen LogP contribution in [-0.4, -0.2) is 35.4 Å². The molecule has 2 N–H and O–H groups in total. The first kappa shape index (κ1) is 17.5. The lowest BCUT2D eigenvalue weighted by atomic mass is 10.2. The molecule has 0 saturated heterocycles. The maximum Gasteiger partial charge on any atom is 0.258 e. The molecule has 1 aromatic heterocycles. The van der Waals surface area contributed by atoms with E-state index in [0.717, 1.165) is 17.3 Å². The Labute approximate surface area is 150 Å². The van der Waals surface area contributed by atoms with Gasteiger partial charge in [-0.1, -0.05) is 12.1 Å². The first-order valence-electron chi connectivity index (χ1n) is 8.24. The molecule has 0 unspecified atom stereocenters. The molecular weight excluding hydrogens is 334 g/mol. The molecule has 0 radical (unpaired) electrons. The summed E-state index contributed by atoms with van der Waals surface area (Å²) < 4.78 is 11.0. The summed E-state index contributed by atoms with van der Waals surface area (Å²) in [5.74, 6) is 1.23. The molecule has 3 rings (SSSR count). The van der Waals surface area contributed by atoms with Crippen LogP contribution in [0.1, 0.15) is 23.1 Å². The van der Waals surface area contributed by atoms with Crippen LogP contribution in [0.3, 0.4) is 0 Å². The lowest BCUT2D eigenvalue weighted by Crippen LogP contribution is -2.28. The molecule has 3 aromatic rings. The van der Waals surface area contributed by atoms with Gasteiger partial charge in [-0.3, -0.25) is 9.59 Å². The molecule has 0 aliphatic rings. The number of imidazole rings is 1. The third-order valence-electron chi connectivity index (χ3n) is 3.65. The lowest BCUT2D eigenvalue weighted by Gasteiger charge is -2.12. The fourth-order valence-corrected chi connectivity index (χ4v) is 2.45. The van der Waals surface area contributed by atoms with Gasteiger partial charge < -0.3 is 19.8 Å². The molecule has 0 aliphatic heterocycles. The fraction of sp³-hybridized carbons (Fsp3) is 0.211. The van der Waals surface area contributed by atoms with E-state index in [9.17, 15) is 9.59 Å². The summed E-state index contributed by atoms with van der Waals surface area (Å²) in [4.78, 5) is 30.4. The topological polar surface area (TPSA) is 93.3 Å². The summed E-state index contributed by atoms with van der Waals surface area (Å²) in [7, 11) is 0. The molecule has 0 bridgehead atoms. The van der Waals surface area contributed by atoms with E-state index in [0.29, 0.717) is 29.5 Å². The summed E-state index contributed by atoms with van der Waals surface area (Å²) in [6.45, 7) is 2.37. The van der Waals surface area contributed by atoms with Crippen LogP contribution >= 0.6 is 0 Å². The number of nitrogens with zero attached hydrogens (tertiary/aromatic N) is 1. The molecule has 1 heterocycles. The Hall–Kier alpha value is -3.35. The van der Waals surface area contributed by atoms with Crippen LogP contribution in [-0.2, 0) is 11.3 Å². The monoisotopic (exact) mass is 353 g/mol. The van der Waals surface area contributed by atoms with E-state index in [-0.39, 0.29) is 19.1 Å². The molecule has 0 saturated carbocycles. The number of H-pyrrole nitrogens is 1. The van der Waals surface area contributed by atoms with E-state index >= 15 is 0 Å². The van der Waals surface area contributed by atoms with E-state index < -0.39 is 0 Å². The number of carbonyl (C=O) groups is 2. The van der Waals surface area contributed by atoms with Gasteiger partial charge in [0.05, 0.1) is 24.2 Å². The van der Waals surface area contributed by atoms with Gasteiger partial charge in [-0.15, -0.1) is 0 Å². The molecule has 7 heteroatoms. The van der Waals surface area contributed by atoms with Crippen LogP contribution < -0.4 is 14.8 Å². The van der Waals surface area contributed by atoms with E-state index in [4.69, 9.17) is 9.47 Å². The predicted octanol–water partition coefficient (Wildman–Crippen LogP) is 2.47. The lowest BCUT2D eigenvalue weighted by molar-refractivity contribution is -0.123. The van der Waals surface area contributed by atoms with Gasteiger partial charge in [0.25, 0.3) is 5.91 Å². The Morgan fingerprint density at radius 3 is 2.81 bits per heavy atom. The molecular formula is C19H19N3O4. The Kier molecular flexibility index (Phi) is 5.48. The zero-order valence-corrected chi connectivity index (χ0v) is 14.3. The number of aromatic nitrogens is 2. The van der Waals surface area contributed by atoms with Crippen LogP contribution in [0.5, 0.6) is 11.5 Å². The number of aldehydes is 1. The SMILES string of the molecule is CCOc1cc(C=O)ccc1OCC(=O)NCc1nc2ccccc2[nH]1. The normalized spacial score (nSPS) is 10.5. The van der Waals surface area contributed by atoms with Gasteiger partial charge >= 0.3 is 0 Å². The van der Waals surface area contributed by atoms with Gasteiger partial charge in [-0.25, -0.2) is 4.98 Å². The number of fused-ring (bicyclic) bond motifs is 1. The summed E-state index contributed by atoms with van der Waals surface area (Å²) in [5.41, 5.74) is 2.25. The van der Waals surface area contributed by atoms with Crippen molar-refractivity contribution in [3.63, 3.8) is 0 Å².